The number of carbonyl (C=O) groups excluding carboxylic acids is 1. The third-order valence-electron chi connectivity index (χ3n) is 5.28. The number of hydrogen-bond donors (Lipinski definition) is 5. The average molecular weight is 584 g/mol. The van der Waals surface area contributed by atoms with E-state index in [-0.39, 0.29) is 37.0 Å². The number of carboxylic acids is 2. The number of halogens is 1. The number of carbonyl (C=O) groups is 3. The molecule has 5 N–H and O–H groups in total. The molecule has 37 heavy (non-hydrogen) atoms. The Morgan fingerprint density at radius 1 is 1.16 bits per heavy atom. The van der Waals surface area contributed by atoms with Gasteiger partial charge in [0.15, 0.2) is 0 Å². The number of carboxylic acid groups (broad SMARTS) is 2. The largest absolute Gasteiger partial charge is 0.481 e. The monoisotopic (exact) mass is 583 g/mol. The molecule has 2 rings (SSSR count). The molecule has 13 nitrogen and oxygen atoms in total. The fourth-order valence-corrected chi connectivity index (χ4v) is 3.93. The second-order valence-electron chi connectivity index (χ2n) is 8.06. The van der Waals surface area contributed by atoms with Gasteiger partial charge in [0.2, 0.25) is 5.88 Å². The van der Waals surface area contributed by atoms with Crippen LogP contribution < -0.4 is 25.0 Å². The van der Waals surface area contributed by atoms with Crippen molar-refractivity contribution >= 4 is 45.2 Å². The van der Waals surface area contributed by atoms with Gasteiger partial charge in [-0.3, -0.25) is 9.59 Å². The van der Waals surface area contributed by atoms with E-state index >= 15 is 0 Å². The third kappa shape index (κ3) is 8.46. The summed E-state index contributed by atoms with van der Waals surface area (Å²) in [6.45, 7) is 2.06. The highest BCUT2D eigenvalue weighted by Crippen LogP contribution is 2.28. The predicted octanol–water partition coefficient (Wildman–Crippen LogP) is 1.52. The van der Waals surface area contributed by atoms with Gasteiger partial charge < -0.3 is 40.3 Å². The van der Waals surface area contributed by atoms with Crippen LogP contribution >= 0.6 is 15.9 Å². The van der Waals surface area contributed by atoms with Crippen LogP contribution in [0.5, 0.6) is 11.9 Å². The van der Waals surface area contributed by atoms with E-state index in [1.54, 1.807) is 31.0 Å². The lowest BCUT2D eigenvalue weighted by molar-refractivity contribution is -0.140. The van der Waals surface area contributed by atoms with Crippen molar-refractivity contribution in [2.24, 2.45) is 0 Å². The summed E-state index contributed by atoms with van der Waals surface area (Å²) < 4.78 is 11.0. The van der Waals surface area contributed by atoms with Crippen LogP contribution in [-0.4, -0.2) is 89.6 Å². The Hall–Kier alpha value is -3.65. The zero-order valence-corrected chi connectivity index (χ0v) is 22.4. The number of aliphatic hydroxyl groups is 1. The highest BCUT2D eigenvalue weighted by Gasteiger charge is 2.23. The molecule has 1 amide bonds. The minimum absolute atomic E-state index is 0.138. The van der Waals surface area contributed by atoms with Crippen molar-refractivity contribution in [2.45, 2.75) is 31.9 Å². The number of aliphatic carboxylic acids is 2. The Kier molecular flexibility index (Phi) is 10.9. The van der Waals surface area contributed by atoms with Crippen molar-refractivity contribution in [2.75, 3.05) is 44.6 Å². The van der Waals surface area contributed by atoms with Crippen LogP contribution in [0.2, 0.25) is 0 Å². The summed E-state index contributed by atoms with van der Waals surface area (Å²) in [5, 5.41) is 34.2. The molecule has 1 aromatic carbocycles. The van der Waals surface area contributed by atoms with Crippen LogP contribution in [0.4, 0.5) is 11.4 Å². The second kappa shape index (κ2) is 13.6. The first kappa shape index (κ1) is 29.6. The maximum absolute atomic E-state index is 12.7. The van der Waals surface area contributed by atoms with Crippen LogP contribution in [0, 0.1) is 6.92 Å². The molecule has 0 aliphatic carbocycles. The van der Waals surface area contributed by atoms with Gasteiger partial charge in [-0.25, -0.2) is 4.79 Å². The quantitative estimate of drug-likeness (QED) is 0.216. The number of amides is 1. The molecular weight excluding hydrogens is 554 g/mol. The number of anilines is 2. The van der Waals surface area contributed by atoms with Gasteiger partial charge in [-0.1, -0.05) is 0 Å². The second-order valence-corrected chi connectivity index (χ2v) is 8.91. The summed E-state index contributed by atoms with van der Waals surface area (Å²) in [6.07, 6.45) is -1.50. The Labute approximate surface area is 221 Å². The number of aryl methyl sites for hydroxylation is 1. The van der Waals surface area contributed by atoms with E-state index < -0.39 is 36.4 Å². The maximum atomic E-state index is 12.7. The van der Waals surface area contributed by atoms with E-state index in [0.717, 1.165) is 0 Å². The average Bonchev–Trinajstić information content (AvgIpc) is 2.84. The Bertz CT molecular complexity index is 1130. The molecule has 0 spiro atoms. The lowest BCUT2D eigenvalue weighted by Gasteiger charge is -2.25. The van der Waals surface area contributed by atoms with Crippen LogP contribution in [0.3, 0.4) is 0 Å². The molecule has 2 atom stereocenters. The highest BCUT2D eigenvalue weighted by atomic mass is 79.9. The number of likely N-dealkylation sites (N-methyl/N-ethyl adjacent to an activating group) is 1. The molecule has 0 radical (unpaired) electrons. The number of rotatable bonds is 14. The standard InChI is InChI=1S/C23H30BrN5O8/c1-12-19(21(36-3)28-23(26-12)37-4)25-10-14(30)11-29(2)17-9-13(5-6-15(17)24)20(33)27-16(22(34)35)7-8-18(31)32/h5-6,9,14,16,25,30H,7-8,10-11H2,1-4H3,(H,27,33)(H,31,32)(H,34,35)/t14?,16-/m0/s1. The zero-order valence-electron chi connectivity index (χ0n) is 20.8. The minimum Gasteiger partial charge on any atom is -0.481 e. The van der Waals surface area contributed by atoms with E-state index in [1.807, 2.05) is 0 Å². The number of methoxy groups -OCH3 is 2. The van der Waals surface area contributed by atoms with Crippen LogP contribution in [0.25, 0.3) is 0 Å². The molecule has 0 aliphatic rings. The maximum Gasteiger partial charge on any atom is 0.326 e. The van der Waals surface area contributed by atoms with E-state index in [1.165, 1.54) is 20.3 Å². The number of nitrogens with one attached hydrogen (secondary N) is 2. The fourth-order valence-electron chi connectivity index (χ4n) is 3.38. The SMILES string of the molecule is COc1nc(C)c(NCC(O)CN(C)c2cc(C(=O)N[C@@H](CCC(=O)O)C(=O)O)ccc2Br)c(OC)n1. The summed E-state index contributed by atoms with van der Waals surface area (Å²) >= 11 is 3.43. The van der Waals surface area contributed by atoms with Crippen molar-refractivity contribution in [1.29, 1.82) is 0 Å². The Morgan fingerprint density at radius 2 is 1.86 bits per heavy atom. The van der Waals surface area contributed by atoms with E-state index in [0.29, 0.717) is 21.5 Å². The highest BCUT2D eigenvalue weighted by molar-refractivity contribution is 9.10. The molecular formula is C23H30BrN5O8. The van der Waals surface area contributed by atoms with Gasteiger partial charge in [0.1, 0.15) is 11.7 Å². The van der Waals surface area contributed by atoms with Gasteiger partial charge in [-0.2, -0.15) is 9.97 Å². The molecule has 0 bridgehead atoms. The molecule has 202 valence electrons. The van der Waals surface area contributed by atoms with Gasteiger partial charge in [-0.15, -0.1) is 0 Å². The van der Waals surface area contributed by atoms with E-state index in [2.05, 4.69) is 36.5 Å². The summed E-state index contributed by atoms with van der Waals surface area (Å²) in [7, 11) is 4.63. The van der Waals surface area contributed by atoms with Crippen LogP contribution in [-0.2, 0) is 9.59 Å². The summed E-state index contributed by atoms with van der Waals surface area (Å²) in [4.78, 5) is 44.9. The molecule has 14 heteroatoms. The summed E-state index contributed by atoms with van der Waals surface area (Å²) in [6, 6.07) is 3.49. The lowest BCUT2D eigenvalue weighted by Crippen LogP contribution is -2.41. The summed E-state index contributed by atoms with van der Waals surface area (Å²) in [5.41, 5.74) is 1.84. The number of nitrogens with zero attached hydrogens (tertiary/aromatic N) is 3. The number of ether oxygens (including phenoxy) is 2. The minimum atomic E-state index is -1.34. The number of aliphatic hydroxyl groups excluding tert-OH is 1. The fraction of sp³-hybridized carbons (Fsp3) is 0.435. The molecule has 1 heterocycles. The van der Waals surface area contributed by atoms with Gasteiger partial charge in [0.25, 0.3) is 5.91 Å². The Morgan fingerprint density at radius 3 is 2.46 bits per heavy atom. The topological polar surface area (TPSA) is 183 Å². The van der Waals surface area contributed by atoms with E-state index in [4.69, 9.17) is 14.6 Å². The predicted molar refractivity (Wildman–Crippen MR) is 138 cm³/mol. The molecule has 1 unspecified atom stereocenters. The van der Waals surface area contributed by atoms with Gasteiger partial charge in [0, 0.05) is 36.6 Å². The van der Waals surface area contributed by atoms with Gasteiger partial charge >= 0.3 is 17.9 Å². The molecule has 0 saturated heterocycles. The molecule has 1 aromatic heterocycles. The van der Waals surface area contributed by atoms with Crippen LogP contribution in [0.15, 0.2) is 22.7 Å². The first-order valence-corrected chi connectivity index (χ1v) is 11.9. The number of hydrogen-bond acceptors (Lipinski definition) is 10. The normalized spacial score (nSPS) is 12.3. The number of aromatic nitrogens is 2. The van der Waals surface area contributed by atoms with Crippen molar-refractivity contribution in [1.82, 2.24) is 15.3 Å². The van der Waals surface area contributed by atoms with Gasteiger partial charge in [0.05, 0.1) is 31.7 Å². The molecule has 2 aromatic rings. The molecule has 0 aliphatic heterocycles. The molecule has 0 saturated carbocycles. The van der Waals surface area contributed by atoms with Crippen molar-refractivity contribution < 1.29 is 39.2 Å². The van der Waals surface area contributed by atoms with E-state index in [9.17, 15) is 24.6 Å². The first-order valence-electron chi connectivity index (χ1n) is 11.1. The first-order chi connectivity index (χ1) is 17.5. The third-order valence-corrected chi connectivity index (χ3v) is 5.95. The van der Waals surface area contributed by atoms with Crippen molar-refractivity contribution in [3.8, 4) is 11.9 Å². The number of benzene rings is 1. The smallest absolute Gasteiger partial charge is 0.326 e. The zero-order chi connectivity index (χ0) is 27.7. The molecule has 0 fully saturated rings. The lowest BCUT2D eigenvalue weighted by atomic mass is 10.1. The summed E-state index contributed by atoms with van der Waals surface area (Å²) in [5.74, 6) is -2.87. The van der Waals surface area contributed by atoms with Crippen molar-refractivity contribution in [3.05, 3.63) is 33.9 Å². The Balaban J connectivity index is 2.08. The van der Waals surface area contributed by atoms with Gasteiger partial charge in [-0.05, 0) is 47.5 Å². The van der Waals surface area contributed by atoms with Crippen molar-refractivity contribution in [3.63, 3.8) is 0 Å². The van der Waals surface area contributed by atoms with Crippen LogP contribution in [0.1, 0.15) is 28.9 Å².